The van der Waals surface area contributed by atoms with E-state index in [0.29, 0.717) is 32.0 Å². The van der Waals surface area contributed by atoms with Crippen LogP contribution < -0.4 is 4.74 Å². The van der Waals surface area contributed by atoms with Crippen LogP contribution >= 0.6 is 0 Å². The minimum atomic E-state index is -0.250. The lowest BCUT2D eigenvalue weighted by Crippen LogP contribution is -2.66. The van der Waals surface area contributed by atoms with Crippen LogP contribution in [0.5, 0.6) is 5.75 Å². The number of carbonyl (C=O) groups excluding carboxylic acids is 2. The Labute approximate surface area is 175 Å². The van der Waals surface area contributed by atoms with Gasteiger partial charge in [-0.2, -0.15) is 0 Å². The molecule has 0 aliphatic carbocycles. The smallest absolute Gasteiger partial charge is 0.290 e. The third kappa shape index (κ3) is 3.64. The van der Waals surface area contributed by atoms with Gasteiger partial charge in [-0.3, -0.25) is 14.4 Å². The maximum absolute atomic E-state index is 13.2. The Kier molecular flexibility index (Phi) is 5.94. The van der Waals surface area contributed by atoms with Crippen LogP contribution in [0.15, 0.2) is 18.2 Å². The average Bonchev–Trinajstić information content (AvgIpc) is 3.22. The van der Waals surface area contributed by atoms with Crippen molar-refractivity contribution < 1.29 is 29.3 Å². The third-order valence-corrected chi connectivity index (χ3v) is 6.91. The predicted molar refractivity (Wildman–Crippen MR) is 107 cm³/mol. The Morgan fingerprint density at radius 2 is 2.00 bits per heavy atom. The molecule has 3 fully saturated rings. The van der Waals surface area contributed by atoms with Crippen molar-refractivity contribution >= 4 is 18.3 Å². The Hall–Kier alpha value is -2.61. The average molecular weight is 416 g/mol. The number of piperidine rings is 3. The highest BCUT2D eigenvalue weighted by Crippen LogP contribution is 2.41. The Balaban J connectivity index is 0.000000687. The van der Waals surface area contributed by atoms with E-state index < -0.39 is 0 Å². The number of aliphatic hydroxyl groups excluding tert-OH is 1. The van der Waals surface area contributed by atoms with Crippen molar-refractivity contribution in [3.05, 3.63) is 29.3 Å². The lowest BCUT2D eigenvalue weighted by molar-refractivity contribution is -0.154. The van der Waals surface area contributed by atoms with Gasteiger partial charge in [-0.1, -0.05) is 0 Å². The standard InChI is InChI=1S/C21H26N2O4.CH2O2/c24-12-18-16-9-15(17-2-1-3-20(25)23(17)18)10-22(11-16)21(26)14-4-5-19-13(8-14)6-7-27-19;2-1-3/h4-5,8,15-18,24H,1-3,6-7,9-12H2;1H,(H,2,3)/t15-,16+,17+,18+;/m1./s1. The quantitative estimate of drug-likeness (QED) is 0.701. The molecule has 2 bridgehead atoms. The van der Waals surface area contributed by atoms with E-state index in [2.05, 4.69) is 0 Å². The highest BCUT2D eigenvalue weighted by atomic mass is 16.5. The molecule has 8 heteroatoms. The molecular weight excluding hydrogens is 388 g/mol. The van der Waals surface area contributed by atoms with Gasteiger partial charge in [0.05, 0.1) is 19.3 Å². The van der Waals surface area contributed by atoms with E-state index >= 15 is 0 Å². The van der Waals surface area contributed by atoms with E-state index in [1.807, 2.05) is 28.0 Å². The summed E-state index contributed by atoms with van der Waals surface area (Å²) in [6.45, 7) is 1.74. The largest absolute Gasteiger partial charge is 0.493 e. The lowest BCUT2D eigenvalue weighted by atomic mass is 9.72. The van der Waals surface area contributed by atoms with Gasteiger partial charge in [-0.05, 0) is 54.9 Å². The van der Waals surface area contributed by atoms with Gasteiger partial charge in [-0.15, -0.1) is 0 Å². The van der Waals surface area contributed by atoms with Crippen LogP contribution in [0.2, 0.25) is 0 Å². The molecule has 4 aliphatic heterocycles. The van der Waals surface area contributed by atoms with Gasteiger partial charge >= 0.3 is 0 Å². The van der Waals surface area contributed by atoms with Crippen LogP contribution in [0.3, 0.4) is 0 Å². The molecule has 1 aromatic rings. The first-order valence-corrected chi connectivity index (χ1v) is 10.6. The number of carbonyl (C=O) groups is 3. The number of aliphatic hydroxyl groups is 1. The van der Waals surface area contributed by atoms with Crippen molar-refractivity contribution in [1.82, 2.24) is 9.80 Å². The predicted octanol–water partition coefficient (Wildman–Crippen LogP) is 1.16. The Morgan fingerprint density at radius 3 is 2.77 bits per heavy atom. The van der Waals surface area contributed by atoms with Crippen LogP contribution in [0.1, 0.15) is 41.6 Å². The summed E-state index contributed by atoms with van der Waals surface area (Å²) in [7, 11) is 0. The molecule has 0 radical (unpaired) electrons. The zero-order valence-corrected chi connectivity index (χ0v) is 16.9. The summed E-state index contributed by atoms with van der Waals surface area (Å²) in [6.07, 6.45) is 4.34. The molecule has 4 aliphatic rings. The molecule has 8 nitrogen and oxygen atoms in total. The minimum absolute atomic E-state index is 0.0160. The fraction of sp³-hybridized carbons (Fsp3) is 0.591. The second kappa shape index (κ2) is 8.63. The SMILES string of the molecule is O=C(c1ccc2c(c1)CCO2)N1C[C@H]2C[C@@H](C1)[C@H](CO)N1C(=O)CCC[C@@H]21.O=CO. The Morgan fingerprint density at radius 1 is 1.23 bits per heavy atom. The number of hydrogen-bond acceptors (Lipinski definition) is 5. The number of nitrogens with zero attached hydrogens (tertiary/aromatic N) is 2. The van der Waals surface area contributed by atoms with Crippen LogP contribution in [0, 0.1) is 11.8 Å². The molecule has 5 rings (SSSR count). The number of fused-ring (bicyclic) bond motifs is 5. The summed E-state index contributed by atoms with van der Waals surface area (Å²) in [6, 6.07) is 5.75. The zero-order chi connectivity index (χ0) is 21.3. The first-order valence-electron chi connectivity index (χ1n) is 10.6. The number of benzene rings is 1. The van der Waals surface area contributed by atoms with Crippen molar-refractivity contribution in [2.45, 2.75) is 44.2 Å². The minimum Gasteiger partial charge on any atom is -0.493 e. The van der Waals surface area contributed by atoms with E-state index in [9.17, 15) is 14.7 Å². The van der Waals surface area contributed by atoms with Gasteiger partial charge in [-0.25, -0.2) is 0 Å². The number of carboxylic acid groups (broad SMARTS) is 1. The van der Waals surface area contributed by atoms with E-state index in [4.69, 9.17) is 14.6 Å². The fourth-order valence-electron chi connectivity index (χ4n) is 5.68. The highest BCUT2D eigenvalue weighted by molar-refractivity contribution is 5.94. The number of hydrogen-bond donors (Lipinski definition) is 2. The first-order chi connectivity index (χ1) is 14.6. The van der Waals surface area contributed by atoms with E-state index in [1.165, 1.54) is 0 Å². The normalized spacial score (nSPS) is 29.2. The van der Waals surface area contributed by atoms with E-state index in [1.54, 1.807) is 0 Å². The van der Waals surface area contributed by atoms with Crippen molar-refractivity contribution in [3.63, 3.8) is 0 Å². The second-order valence-corrected chi connectivity index (χ2v) is 8.50. The summed E-state index contributed by atoms with van der Waals surface area (Å²) in [5, 5.41) is 16.9. The maximum Gasteiger partial charge on any atom is 0.290 e. The molecule has 4 heterocycles. The summed E-state index contributed by atoms with van der Waals surface area (Å²) < 4.78 is 5.55. The van der Waals surface area contributed by atoms with Gasteiger partial charge in [0.2, 0.25) is 5.91 Å². The topological polar surface area (TPSA) is 107 Å². The van der Waals surface area contributed by atoms with Crippen LogP contribution in [0.25, 0.3) is 0 Å². The summed E-state index contributed by atoms with van der Waals surface area (Å²) >= 11 is 0. The molecule has 0 unspecified atom stereocenters. The molecule has 4 atom stereocenters. The molecule has 2 amide bonds. The van der Waals surface area contributed by atoms with Gasteiger partial charge in [0.15, 0.2) is 0 Å². The molecule has 0 saturated carbocycles. The molecule has 1 aromatic carbocycles. The van der Waals surface area contributed by atoms with Crippen molar-refractivity contribution in [1.29, 1.82) is 0 Å². The van der Waals surface area contributed by atoms with Gasteiger partial charge < -0.3 is 24.7 Å². The molecule has 162 valence electrons. The lowest BCUT2D eigenvalue weighted by Gasteiger charge is -2.56. The monoisotopic (exact) mass is 416 g/mol. The Bertz CT molecular complexity index is 814. The summed E-state index contributed by atoms with van der Waals surface area (Å²) in [5.41, 5.74) is 1.83. The highest BCUT2D eigenvalue weighted by Gasteiger charge is 2.49. The van der Waals surface area contributed by atoms with Crippen molar-refractivity contribution in [2.75, 3.05) is 26.3 Å². The van der Waals surface area contributed by atoms with E-state index in [0.717, 1.165) is 42.6 Å². The maximum atomic E-state index is 13.2. The number of amides is 2. The van der Waals surface area contributed by atoms with Gasteiger partial charge in [0, 0.05) is 37.5 Å². The number of likely N-dealkylation sites (tertiary alicyclic amines) is 1. The van der Waals surface area contributed by atoms with Crippen molar-refractivity contribution in [2.24, 2.45) is 11.8 Å². The molecular formula is C22H28N2O6. The van der Waals surface area contributed by atoms with Gasteiger partial charge in [0.25, 0.3) is 12.4 Å². The van der Waals surface area contributed by atoms with E-state index in [-0.39, 0.29) is 42.9 Å². The first kappa shape index (κ1) is 20.7. The molecule has 30 heavy (non-hydrogen) atoms. The zero-order valence-electron chi connectivity index (χ0n) is 16.9. The summed E-state index contributed by atoms with van der Waals surface area (Å²) in [4.78, 5) is 38.0. The molecule has 3 saturated heterocycles. The van der Waals surface area contributed by atoms with Crippen molar-refractivity contribution in [3.8, 4) is 5.75 Å². The second-order valence-electron chi connectivity index (χ2n) is 8.50. The van der Waals surface area contributed by atoms with Crippen LogP contribution in [-0.2, 0) is 16.0 Å². The molecule has 0 aromatic heterocycles. The fourth-order valence-corrected chi connectivity index (χ4v) is 5.68. The molecule has 2 N–H and O–H groups in total. The number of ether oxygens (including phenoxy) is 1. The summed E-state index contributed by atoms with van der Waals surface area (Å²) in [5.74, 6) is 1.61. The third-order valence-electron chi connectivity index (χ3n) is 6.91. The number of rotatable bonds is 2. The van der Waals surface area contributed by atoms with Crippen LogP contribution in [0.4, 0.5) is 0 Å². The van der Waals surface area contributed by atoms with Gasteiger partial charge in [0.1, 0.15) is 5.75 Å². The van der Waals surface area contributed by atoms with Crippen LogP contribution in [-0.4, -0.2) is 76.7 Å². The molecule has 0 spiro atoms.